The standard InChI is InChI=1S/C71H125N2O6P/c1-6-8-10-12-14-16-18-20-22-24-26-28-30-32-33-34-35-36-37-38-39-41-43-45-47-49-51-53-55-57-59-61-63-65-71(75)72-69(68-79-80(76,77)78-67-66-73(3,4)5)70(74)64-62-60-58-56-54-52-50-48-46-44-42-40-31-29-27-25-23-21-19-17-15-13-11-9-7-2/h8,10,14,16,20,22,26,28,32-33,35-36,38-39,43,45,49,51,62,64,69-70,74H,6-7,9,11-13,15,17-19,21,23-25,27,29-31,34,37,40-42,44,46-48,50,52-61,63,65-68H2,1-5H3,(H-,72,75,76,77)/b10-8-,16-14-,22-20-,28-26-,33-32-,36-35-,39-38-,45-43-,51-49-,64-62+. The third-order valence-corrected chi connectivity index (χ3v) is 15.1. The van der Waals surface area contributed by atoms with Crippen LogP contribution in [0.2, 0.25) is 0 Å². The molecular formula is C71H125N2O6P. The van der Waals surface area contributed by atoms with Crippen molar-refractivity contribution in [3.63, 3.8) is 0 Å². The molecule has 0 saturated heterocycles. The number of quaternary nitrogens is 1. The van der Waals surface area contributed by atoms with Gasteiger partial charge in [0.1, 0.15) is 13.2 Å². The maximum absolute atomic E-state index is 13.0. The molecule has 0 aliphatic carbocycles. The van der Waals surface area contributed by atoms with Gasteiger partial charge in [-0.05, 0) is 89.9 Å². The molecule has 3 atom stereocenters. The SMILES string of the molecule is CC/C=C\C/C=C\C/C=C\C/C=C\C/C=C\C/C=C\C/C=C\C/C=C\C/C=C\CCCCCCCC(=O)NC(COP(=O)([O-])OCC[N+](C)(C)C)C(O)/C=C/CCCCCCCCCCCCCCCCCCCCCCCCC. The van der Waals surface area contributed by atoms with Crippen molar-refractivity contribution in [2.75, 3.05) is 40.9 Å². The topological polar surface area (TPSA) is 108 Å². The molecule has 0 aromatic rings. The van der Waals surface area contributed by atoms with E-state index < -0.39 is 26.6 Å². The summed E-state index contributed by atoms with van der Waals surface area (Å²) in [6, 6.07) is -0.908. The molecule has 0 aromatic heterocycles. The number of phosphoric acid groups is 1. The van der Waals surface area contributed by atoms with E-state index in [9.17, 15) is 19.4 Å². The maximum Gasteiger partial charge on any atom is 0.268 e. The Bertz CT molecular complexity index is 1720. The highest BCUT2D eigenvalue weighted by Gasteiger charge is 2.23. The second-order valence-corrected chi connectivity index (χ2v) is 24.5. The molecule has 2 N–H and O–H groups in total. The van der Waals surface area contributed by atoms with Crippen LogP contribution in [0.3, 0.4) is 0 Å². The summed E-state index contributed by atoms with van der Waals surface area (Å²) in [5, 5.41) is 13.9. The molecule has 0 fully saturated rings. The van der Waals surface area contributed by atoms with E-state index in [-0.39, 0.29) is 12.5 Å². The molecule has 9 heteroatoms. The molecule has 0 saturated carbocycles. The van der Waals surface area contributed by atoms with E-state index in [4.69, 9.17) is 9.05 Å². The molecule has 0 bridgehead atoms. The quantitative estimate of drug-likeness (QED) is 0.0272. The number of aliphatic hydroxyl groups excluding tert-OH is 1. The Hall–Kier alpha value is -3.10. The first-order valence-corrected chi connectivity index (χ1v) is 34.4. The van der Waals surface area contributed by atoms with Crippen LogP contribution in [0.5, 0.6) is 0 Å². The lowest BCUT2D eigenvalue weighted by Gasteiger charge is -2.29. The zero-order chi connectivity index (χ0) is 58.4. The molecule has 0 rings (SSSR count). The molecule has 0 radical (unpaired) electrons. The summed E-state index contributed by atoms with van der Waals surface area (Å²) in [6.07, 6.45) is 90.1. The normalized spacial score (nSPS) is 14.5. The highest BCUT2D eigenvalue weighted by Crippen LogP contribution is 2.38. The van der Waals surface area contributed by atoms with Crippen LogP contribution in [-0.4, -0.2) is 68.5 Å². The zero-order valence-corrected chi connectivity index (χ0v) is 53.4. The summed E-state index contributed by atoms with van der Waals surface area (Å²) in [4.78, 5) is 25.6. The number of hydrogen-bond acceptors (Lipinski definition) is 6. The lowest BCUT2D eigenvalue weighted by molar-refractivity contribution is -0.870. The summed E-state index contributed by atoms with van der Waals surface area (Å²) in [6.45, 7) is 4.53. The van der Waals surface area contributed by atoms with Gasteiger partial charge in [0.2, 0.25) is 5.91 Å². The monoisotopic (exact) mass is 1130 g/mol. The van der Waals surface area contributed by atoms with Crippen molar-refractivity contribution in [2.45, 2.75) is 283 Å². The van der Waals surface area contributed by atoms with Gasteiger partial charge in [-0.3, -0.25) is 9.36 Å². The van der Waals surface area contributed by atoms with Gasteiger partial charge in [-0.2, -0.15) is 0 Å². The second-order valence-electron chi connectivity index (χ2n) is 23.1. The Morgan fingerprint density at radius 2 is 0.762 bits per heavy atom. The van der Waals surface area contributed by atoms with Gasteiger partial charge >= 0.3 is 0 Å². The molecule has 3 unspecified atom stereocenters. The van der Waals surface area contributed by atoms with Gasteiger partial charge in [0.25, 0.3) is 7.82 Å². The predicted molar refractivity (Wildman–Crippen MR) is 348 cm³/mol. The van der Waals surface area contributed by atoms with Crippen LogP contribution >= 0.6 is 7.82 Å². The summed E-state index contributed by atoms with van der Waals surface area (Å²) >= 11 is 0. The Labute approximate surface area is 494 Å². The molecule has 0 aromatic carbocycles. The fraction of sp³-hybridized carbons (Fsp3) is 0.704. The smallest absolute Gasteiger partial charge is 0.268 e. The van der Waals surface area contributed by atoms with E-state index in [1.165, 1.54) is 135 Å². The third kappa shape index (κ3) is 62.5. The van der Waals surface area contributed by atoms with E-state index >= 15 is 0 Å². The van der Waals surface area contributed by atoms with Crippen molar-refractivity contribution in [1.82, 2.24) is 5.32 Å². The van der Waals surface area contributed by atoms with Crippen LogP contribution in [0.4, 0.5) is 0 Å². The number of unbranched alkanes of at least 4 members (excludes halogenated alkanes) is 28. The molecule has 0 aliphatic rings. The Balaban J connectivity index is 4.23. The van der Waals surface area contributed by atoms with Crippen molar-refractivity contribution in [3.05, 3.63) is 122 Å². The minimum atomic E-state index is -4.62. The minimum Gasteiger partial charge on any atom is -0.756 e. The zero-order valence-electron chi connectivity index (χ0n) is 52.5. The van der Waals surface area contributed by atoms with Crippen molar-refractivity contribution >= 4 is 13.7 Å². The number of allylic oxidation sites excluding steroid dienone is 19. The average Bonchev–Trinajstić information content (AvgIpc) is 3.42. The average molecular weight is 1130 g/mol. The van der Waals surface area contributed by atoms with E-state index in [1.807, 2.05) is 27.2 Å². The Morgan fingerprint density at radius 1 is 0.450 bits per heavy atom. The number of likely N-dealkylation sites (N-methyl/N-ethyl adjacent to an activating group) is 1. The molecule has 0 spiro atoms. The number of phosphoric ester groups is 1. The van der Waals surface area contributed by atoms with E-state index in [0.717, 1.165) is 116 Å². The number of carbonyl (C=O) groups is 1. The lowest BCUT2D eigenvalue weighted by Crippen LogP contribution is -2.45. The number of nitrogens with zero attached hydrogens (tertiary/aromatic N) is 1. The van der Waals surface area contributed by atoms with Crippen molar-refractivity contribution < 1.29 is 32.9 Å². The number of carbonyl (C=O) groups excluding carboxylic acids is 1. The van der Waals surface area contributed by atoms with Crippen molar-refractivity contribution in [1.29, 1.82) is 0 Å². The maximum atomic E-state index is 13.0. The first-order valence-electron chi connectivity index (χ1n) is 32.9. The molecule has 0 aliphatic heterocycles. The Kier molecular flexibility index (Phi) is 58.1. The molecule has 8 nitrogen and oxygen atoms in total. The van der Waals surface area contributed by atoms with Crippen LogP contribution in [0.15, 0.2) is 122 Å². The fourth-order valence-electron chi connectivity index (χ4n) is 9.09. The van der Waals surface area contributed by atoms with Gasteiger partial charge in [-0.15, -0.1) is 0 Å². The minimum absolute atomic E-state index is 0.0112. The van der Waals surface area contributed by atoms with Crippen LogP contribution in [-0.2, 0) is 18.4 Å². The van der Waals surface area contributed by atoms with Gasteiger partial charge < -0.3 is 28.8 Å². The van der Waals surface area contributed by atoms with E-state index in [2.05, 4.69) is 129 Å². The van der Waals surface area contributed by atoms with Crippen LogP contribution in [0.1, 0.15) is 271 Å². The summed E-state index contributed by atoms with van der Waals surface area (Å²) in [5.41, 5.74) is 0. The largest absolute Gasteiger partial charge is 0.756 e. The first-order chi connectivity index (χ1) is 39.0. The summed E-state index contributed by atoms with van der Waals surface area (Å²) < 4.78 is 23.4. The molecule has 0 heterocycles. The number of nitrogens with one attached hydrogen (secondary N) is 1. The van der Waals surface area contributed by atoms with Gasteiger partial charge in [0, 0.05) is 6.42 Å². The van der Waals surface area contributed by atoms with Gasteiger partial charge in [-0.1, -0.05) is 296 Å². The highest BCUT2D eigenvalue weighted by atomic mass is 31.2. The molecule has 1 amide bonds. The lowest BCUT2D eigenvalue weighted by atomic mass is 10.0. The third-order valence-electron chi connectivity index (χ3n) is 14.2. The van der Waals surface area contributed by atoms with E-state index in [1.54, 1.807) is 6.08 Å². The van der Waals surface area contributed by atoms with Crippen LogP contribution in [0, 0.1) is 0 Å². The number of aliphatic hydroxyl groups is 1. The highest BCUT2D eigenvalue weighted by molar-refractivity contribution is 7.45. The van der Waals surface area contributed by atoms with E-state index in [0.29, 0.717) is 17.4 Å². The van der Waals surface area contributed by atoms with Gasteiger partial charge in [0.15, 0.2) is 0 Å². The predicted octanol–water partition coefficient (Wildman–Crippen LogP) is 20.2. The van der Waals surface area contributed by atoms with Crippen LogP contribution in [0.25, 0.3) is 0 Å². The van der Waals surface area contributed by atoms with Gasteiger partial charge in [-0.25, -0.2) is 0 Å². The van der Waals surface area contributed by atoms with Crippen molar-refractivity contribution in [3.8, 4) is 0 Å². The summed E-state index contributed by atoms with van der Waals surface area (Å²) in [7, 11) is 1.23. The molecule has 80 heavy (non-hydrogen) atoms. The van der Waals surface area contributed by atoms with Crippen molar-refractivity contribution in [2.24, 2.45) is 0 Å². The molecule has 460 valence electrons. The number of hydrogen-bond donors (Lipinski definition) is 2. The van der Waals surface area contributed by atoms with Crippen LogP contribution < -0.4 is 10.2 Å². The number of rotatable bonds is 59. The van der Waals surface area contributed by atoms with Gasteiger partial charge in [0.05, 0.1) is 39.9 Å². The molecular weight excluding hydrogens is 1010 g/mol. The fourth-order valence-corrected chi connectivity index (χ4v) is 9.81. The second kappa shape index (κ2) is 60.5. The number of amides is 1. The summed E-state index contributed by atoms with van der Waals surface area (Å²) in [5.74, 6) is -0.219. The Morgan fingerprint density at radius 3 is 1.11 bits per heavy atom. The first kappa shape index (κ1) is 76.9.